The van der Waals surface area contributed by atoms with Gasteiger partial charge in [-0.3, -0.25) is 15.2 Å². The summed E-state index contributed by atoms with van der Waals surface area (Å²) in [4.78, 5) is 15.7. The summed E-state index contributed by atoms with van der Waals surface area (Å²) in [6.45, 7) is 1.27. The van der Waals surface area contributed by atoms with Gasteiger partial charge in [0, 0.05) is 19.5 Å². The number of guanidine groups is 2. The second kappa shape index (κ2) is 13.8. The number of rotatable bonds is 14. The molecule has 1 atom stereocenters. The first-order valence-electron chi connectivity index (χ1n) is 8.35. The molecule has 0 radical (unpaired) electrons. The number of nitrogens with one attached hydrogen (secondary N) is 2. The third kappa shape index (κ3) is 14.9. The number of nitrogens with zero attached hydrogens (tertiary/aromatic N) is 1. The Morgan fingerprint density at radius 3 is 2.22 bits per heavy atom. The van der Waals surface area contributed by atoms with E-state index in [1.165, 1.54) is 0 Å². The molecule has 0 aliphatic rings. The van der Waals surface area contributed by atoms with Crippen molar-refractivity contribution < 1.29 is 4.79 Å². The largest absolute Gasteiger partial charge is 0.370 e. The minimum Gasteiger partial charge on any atom is -0.370 e. The number of Topliss-reactive ketones (excluding diaryl/α,β-unsaturated/α-hetero) is 1. The molecular weight excluding hydrogens is 294 g/mol. The molecule has 0 bridgehead atoms. The van der Waals surface area contributed by atoms with Crippen LogP contribution in [0.4, 0.5) is 0 Å². The Morgan fingerprint density at radius 2 is 1.61 bits per heavy atom. The predicted molar refractivity (Wildman–Crippen MR) is 95.1 cm³/mol. The summed E-state index contributed by atoms with van der Waals surface area (Å²) in [5, 5.41) is 9.80. The van der Waals surface area contributed by atoms with E-state index in [0.717, 1.165) is 51.5 Å². The van der Waals surface area contributed by atoms with Crippen LogP contribution in [0.5, 0.6) is 0 Å². The number of unbranched alkanes of at least 4 members (excludes halogenated alkanes) is 5. The Labute approximate surface area is 139 Å². The quantitative estimate of drug-likeness (QED) is 0.151. The minimum atomic E-state index is -0.401. The van der Waals surface area contributed by atoms with Crippen molar-refractivity contribution >= 4 is 17.7 Å². The van der Waals surface area contributed by atoms with Crippen LogP contribution in [0.2, 0.25) is 0 Å². The van der Waals surface area contributed by atoms with E-state index in [1.807, 2.05) is 0 Å². The summed E-state index contributed by atoms with van der Waals surface area (Å²) in [5.74, 6) is 0.223. The fourth-order valence-electron chi connectivity index (χ4n) is 2.22. The highest BCUT2D eigenvalue weighted by Crippen LogP contribution is 2.09. The molecule has 0 aromatic rings. The predicted octanol–water partition coefficient (Wildman–Crippen LogP) is 0.150. The van der Waals surface area contributed by atoms with E-state index >= 15 is 0 Å². The molecule has 0 heterocycles. The Kier molecular flexibility index (Phi) is 12.7. The highest BCUT2D eigenvalue weighted by molar-refractivity contribution is 5.83. The fourth-order valence-corrected chi connectivity index (χ4v) is 2.22. The van der Waals surface area contributed by atoms with Crippen molar-refractivity contribution in [1.29, 1.82) is 5.41 Å². The molecule has 0 amide bonds. The summed E-state index contributed by atoms with van der Waals surface area (Å²) < 4.78 is 0. The van der Waals surface area contributed by atoms with E-state index in [9.17, 15) is 4.79 Å². The maximum Gasteiger partial charge on any atom is 0.185 e. The molecule has 0 spiro atoms. The van der Waals surface area contributed by atoms with Gasteiger partial charge in [0.05, 0.1) is 6.04 Å². The Hall–Kier alpha value is -1.83. The highest BCUT2D eigenvalue weighted by atomic mass is 16.1. The molecule has 10 N–H and O–H groups in total. The number of hydrogen-bond donors (Lipinski definition) is 6. The van der Waals surface area contributed by atoms with Gasteiger partial charge in [-0.1, -0.05) is 25.7 Å². The number of carbonyl (C=O) groups excluding carboxylic acids is 1. The van der Waals surface area contributed by atoms with Crippen LogP contribution in [0, 0.1) is 5.41 Å². The number of carbonyl (C=O) groups is 1. The molecule has 134 valence electrons. The monoisotopic (exact) mass is 327 g/mol. The molecule has 23 heavy (non-hydrogen) atoms. The average molecular weight is 327 g/mol. The van der Waals surface area contributed by atoms with Crippen molar-refractivity contribution in [1.82, 2.24) is 5.32 Å². The summed E-state index contributed by atoms with van der Waals surface area (Å²) in [6.07, 6.45) is 8.22. The van der Waals surface area contributed by atoms with Gasteiger partial charge in [-0.2, -0.15) is 0 Å². The van der Waals surface area contributed by atoms with Crippen molar-refractivity contribution in [2.75, 3.05) is 13.1 Å². The normalized spacial score (nSPS) is 11.7. The van der Waals surface area contributed by atoms with E-state index in [2.05, 4.69) is 10.3 Å². The van der Waals surface area contributed by atoms with Crippen molar-refractivity contribution in [2.45, 2.75) is 63.8 Å². The van der Waals surface area contributed by atoms with Gasteiger partial charge in [0.25, 0.3) is 0 Å². The molecule has 0 unspecified atom stereocenters. The molecule has 0 aliphatic carbocycles. The molecular formula is C15H33N7O. The standard InChI is InChI=1S/C15H33N7O/c16-12(8-7-11-22-15(19)20)13(23)9-5-3-1-2-4-6-10-21-14(17)18/h12H,1-11,16H2,(H4,17,18,21)(H4,19,20,22)/t12-/m0/s1. The molecule has 0 rings (SSSR count). The van der Waals surface area contributed by atoms with E-state index in [4.69, 9.17) is 28.3 Å². The third-order valence-corrected chi connectivity index (χ3v) is 3.55. The van der Waals surface area contributed by atoms with Crippen molar-refractivity contribution in [3.05, 3.63) is 0 Å². The number of aliphatic imine (C=N–C) groups is 1. The van der Waals surface area contributed by atoms with Gasteiger partial charge < -0.3 is 28.3 Å². The third-order valence-electron chi connectivity index (χ3n) is 3.55. The Bertz CT molecular complexity index is 367. The molecule has 0 saturated carbocycles. The van der Waals surface area contributed by atoms with Crippen LogP contribution >= 0.6 is 0 Å². The maximum absolute atomic E-state index is 11.9. The van der Waals surface area contributed by atoms with Crippen LogP contribution in [-0.4, -0.2) is 36.8 Å². The lowest BCUT2D eigenvalue weighted by Crippen LogP contribution is -2.30. The lowest BCUT2D eigenvalue weighted by atomic mass is 10.0. The zero-order valence-corrected chi connectivity index (χ0v) is 14.0. The molecule has 0 aliphatic heterocycles. The number of hydrogen-bond acceptors (Lipinski definition) is 4. The van der Waals surface area contributed by atoms with E-state index < -0.39 is 6.04 Å². The van der Waals surface area contributed by atoms with Gasteiger partial charge in [-0.05, 0) is 25.7 Å². The van der Waals surface area contributed by atoms with E-state index in [1.54, 1.807) is 0 Å². The average Bonchev–Trinajstić information content (AvgIpc) is 2.48. The molecule has 8 heteroatoms. The van der Waals surface area contributed by atoms with Crippen LogP contribution in [-0.2, 0) is 4.79 Å². The first kappa shape index (κ1) is 21.2. The van der Waals surface area contributed by atoms with Crippen LogP contribution in [0.3, 0.4) is 0 Å². The molecule has 0 aromatic heterocycles. The van der Waals surface area contributed by atoms with E-state index in [0.29, 0.717) is 19.4 Å². The second-order valence-corrected chi connectivity index (χ2v) is 5.73. The smallest absolute Gasteiger partial charge is 0.185 e. The van der Waals surface area contributed by atoms with Gasteiger partial charge in [-0.15, -0.1) is 0 Å². The second-order valence-electron chi connectivity index (χ2n) is 5.73. The maximum atomic E-state index is 11.9. The molecule has 0 fully saturated rings. The van der Waals surface area contributed by atoms with Crippen molar-refractivity contribution in [2.24, 2.45) is 27.9 Å². The molecule has 8 nitrogen and oxygen atoms in total. The van der Waals surface area contributed by atoms with Crippen LogP contribution < -0.4 is 28.3 Å². The summed E-state index contributed by atoms with van der Waals surface area (Å²) >= 11 is 0. The lowest BCUT2D eigenvalue weighted by molar-refractivity contribution is -0.120. The summed E-state index contributed by atoms with van der Waals surface area (Å²) in [5.41, 5.74) is 21.5. The Morgan fingerprint density at radius 1 is 1.00 bits per heavy atom. The van der Waals surface area contributed by atoms with Crippen LogP contribution in [0.25, 0.3) is 0 Å². The van der Waals surface area contributed by atoms with E-state index in [-0.39, 0.29) is 17.7 Å². The zero-order valence-electron chi connectivity index (χ0n) is 14.0. The van der Waals surface area contributed by atoms with Gasteiger partial charge in [-0.25, -0.2) is 0 Å². The van der Waals surface area contributed by atoms with Gasteiger partial charge >= 0.3 is 0 Å². The van der Waals surface area contributed by atoms with Crippen molar-refractivity contribution in [3.63, 3.8) is 0 Å². The SMILES string of the molecule is N=C(N)NCCCCCCCCC(=O)[C@@H](N)CCCN=C(N)N. The first-order chi connectivity index (χ1) is 10.9. The van der Waals surface area contributed by atoms with Crippen LogP contribution in [0.1, 0.15) is 57.8 Å². The van der Waals surface area contributed by atoms with Gasteiger partial charge in [0.15, 0.2) is 11.9 Å². The van der Waals surface area contributed by atoms with Gasteiger partial charge in [0.1, 0.15) is 5.78 Å². The van der Waals surface area contributed by atoms with Crippen LogP contribution in [0.15, 0.2) is 4.99 Å². The minimum absolute atomic E-state index is 0.0261. The number of ketones is 1. The number of nitrogens with two attached hydrogens (primary N) is 4. The van der Waals surface area contributed by atoms with Gasteiger partial charge in [0.2, 0.25) is 0 Å². The summed E-state index contributed by atoms with van der Waals surface area (Å²) in [6, 6.07) is -0.401. The summed E-state index contributed by atoms with van der Waals surface area (Å²) in [7, 11) is 0. The fraction of sp³-hybridized carbons (Fsp3) is 0.800. The van der Waals surface area contributed by atoms with Crippen molar-refractivity contribution in [3.8, 4) is 0 Å². The zero-order chi connectivity index (χ0) is 17.5. The molecule has 0 saturated heterocycles. The highest BCUT2D eigenvalue weighted by Gasteiger charge is 2.12. The Balaban J connectivity index is 3.44. The lowest BCUT2D eigenvalue weighted by Gasteiger charge is -2.09. The first-order valence-corrected chi connectivity index (χ1v) is 8.35. The topological polar surface area (TPSA) is 169 Å². The molecule has 0 aromatic carbocycles.